The number of nitrogens with one attached hydrogen (secondary N) is 1. The maximum Gasteiger partial charge on any atom is 0.119 e. The molecule has 106 valence electrons. The Morgan fingerprint density at radius 1 is 1.05 bits per heavy atom. The highest BCUT2D eigenvalue weighted by molar-refractivity contribution is 5.37. The molecule has 0 heterocycles. The number of hydrogen-bond donors (Lipinski definition) is 1. The average Bonchev–Trinajstić information content (AvgIpc) is 2.46. The fourth-order valence-electron chi connectivity index (χ4n) is 2.64. The predicted octanol–water partition coefficient (Wildman–Crippen LogP) is 3.72. The molecule has 0 aromatic heterocycles. The van der Waals surface area contributed by atoms with Crippen LogP contribution in [0.3, 0.4) is 0 Å². The highest BCUT2D eigenvalue weighted by Gasteiger charge is 2.09. The second-order valence-corrected chi connectivity index (χ2v) is 5.44. The van der Waals surface area contributed by atoms with Crippen molar-refractivity contribution >= 4 is 0 Å². The molecule has 2 rings (SSSR count). The standard InChI is InChI=1S/C17H27NO/c1-2-11-18-12-5-6-13-19-17-10-9-15-7-3-4-8-16(15)14-17/h9-10,14,18H,2-8,11-13H2,1H3. The fourth-order valence-corrected chi connectivity index (χ4v) is 2.64. The Balaban J connectivity index is 1.66. The van der Waals surface area contributed by atoms with Crippen LogP contribution in [0.2, 0.25) is 0 Å². The van der Waals surface area contributed by atoms with Crippen molar-refractivity contribution in [3.05, 3.63) is 29.3 Å². The molecule has 0 saturated carbocycles. The molecule has 2 heteroatoms. The molecule has 1 N–H and O–H groups in total. The maximum atomic E-state index is 5.85. The van der Waals surface area contributed by atoms with E-state index >= 15 is 0 Å². The van der Waals surface area contributed by atoms with Gasteiger partial charge >= 0.3 is 0 Å². The summed E-state index contributed by atoms with van der Waals surface area (Å²) in [7, 11) is 0. The van der Waals surface area contributed by atoms with Gasteiger partial charge < -0.3 is 10.1 Å². The second kappa shape index (κ2) is 8.21. The molecule has 0 radical (unpaired) electrons. The first-order valence-electron chi connectivity index (χ1n) is 7.85. The molecule has 1 aromatic rings. The van der Waals surface area contributed by atoms with Crippen LogP contribution in [0.15, 0.2) is 18.2 Å². The van der Waals surface area contributed by atoms with E-state index in [1.165, 1.54) is 49.7 Å². The van der Waals surface area contributed by atoms with E-state index in [9.17, 15) is 0 Å². The van der Waals surface area contributed by atoms with Gasteiger partial charge in [0.15, 0.2) is 0 Å². The lowest BCUT2D eigenvalue weighted by Gasteiger charge is -2.16. The molecule has 0 bridgehead atoms. The molecule has 0 saturated heterocycles. The first-order valence-corrected chi connectivity index (χ1v) is 7.85. The van der Waals surface area contributed by atoms with Crippen LogP contribution < -0.4 is 10.1 Å². The third-order valence-electron chi connectivity index (χ3n) is 3.76. The number of benzene rings is 1. The Hall–Kier alpha value is -1.02. The summed E-state index contributed by atoms with van der Waals surface area (Å²) in [6, 6.07) is 6.65. The van der Waals surface area contributed by atoms with Crippen LogP contribution in [0, 0.1) is 0 Å². The normalized spacial score (nSPS) is 14.2. The summed E-state index contributed by atoms with van der Waals surface area (Å²) in [5.74, 6) is 1.06. The topological polar surface area (TPSA) is 21.3 Å². The highest BCUT2D eigenvalue weighted by Crippen LogP contribution is 2.25. The van der Waals surface area contributed by atoms with Crippen molar-refractivity contribution in [2.24, 2.45) is 0 Å². The summed E-state index contributed by atoms with van der Waals surface area (Å²) in [5.41, 5.74) is 3.04. The van der Waals surface area contributed by atoms with E-state index in [2.05, 4.69) is 30.4 Å². The Morgan fingerprint density at radius 3 is 2.74 bits per heavy atom. The summed E-state index contributed by atoms with van der Waals surface area (Å²) in [6.45, 7) is 5.28. The fraction of sp³-hybridized carbons (Fsp3) is 0.647. The summed E-state index contributed by atoms with van der Waals surface area (Å²) in [4.78, 5) is 0. The predicted molar refractivity (Wildman–Crippen MR) is 81.0 cm³/mol. The van der Waals surface area contributed by atoms with E-state index in [1.54, 1.807) is 0 Å². The second-order valence-electron chi connectivity index (χ2n) is 5.44. The minimum absolute atomic E-state index is 0.840. The number of fused-ring (bicyclic) bond motifs is 1. The van der Waals surface area contributed by atoms with Gasteiger partial charge in [-0.05, 0) is 81.3 Å². The maximum absolute atomic E-state index is 5.85. The molecule has 1 aliphatic rings. The van der Waals surface area contributed by atoms with Crippen molar-refractivity contribution in [3.63, 3.8) is 0 Å². The molecule has 2 nitrogen and oxygen atoms in total. The van der Waals surface area contributed by atoms with E-state index in [1.807, 2.05) is 0 Å². The summed E-state index contributed by atoms with van der Waals surface area (Å²) in [6.07, 6.45) is 8.70. The van der Waals surface area contributed by atoms with Crippen LogP contribution >= 0.6 is 0 Å². The smallest absolute Gasteiger partial charge is 0.119 e. The number of rotatable bonds is 8. The van der Waals surface area contributed by atoms with E-state index in [4.69, 9.17) is 4.74 Å². The highest BCUT2D eigenvalue weighted by atomic mass is 16.5. The largest absolute Gasteiger partial charge is 0.494 e. The molecular formula is C17H27NO. The van der Waals surface area contributed by atoms with E-state index in [-0.39, 0.29) is 0 Å². The summed E-state index contributed by atoms with van der Waals surface area (Å²) < 4.78 is 5.85. The van der Waals surface area contributed by atoms with Crippen molar-refractivity contribution < 1.29 is 4.74 Å². The first kappa shape index (κ1) is 14.4. The third-order valence-corrected chi connectivity index (χ3v) is 3.76. The van der Waals surface area contributed by atoms with Crippen molar-refractivity contribution in [1.82, 2.24) is 5.32 Å². The van der Waals surface area contributed by atoms with Crippen LogP contribution in [0.1, 0.15) is 50.2 Å². The van der Waals surface area contributed by atoms with Gasteiger partial charge in [-0.25, -0.2) is 0 Å². The Bertz CT molecular complexity index is 376. The zero-order chi connectivity index (χ0) is 13.3. The SMILES string of the molecule is CCCNCCCCOc1ccc2c(c1)CCCC2. The molecule has 0 aliphatic heterocycles. The van der Waals surface area contributed by atoms with Crippen LogP contribution in [-0.2, 0) is 12.8 Å². The molecule has 1 aliphatic carbocycles. The van der Waals surface area contributed by atoms with Crippen LogP contribution in [0.4, 0.5) is 0 Å². The minimum atomic E-state index is 0.840. The molecule has 1 aromatic carbocycles. The van der Waals surface area contributed by atoms with Crippen molar-refractivity contribution in [1.29, 1.82) is 0 Å². The third kappa shape index (κ3) is 4.87. The molecule has 19 heavy (non-hydrogen) atoms. The monoisotopic (exact) mass is 261 g/mol. The molecule has 0 fully saturated rings. The summed E-state index contributed by atoms with van der Waals surface area (Å²) >= 11 is 0. The zero-order valence-electron chi connectivity index (χ0n) is 12.2. The summed E-state index contributed by atoms with van der Waals surface area (Å²) in [5, 5.41) is 3.42. The van der Waals surface area contributed by atoms with Crippen LogP contribution in [0.25, 0.3) is 0 Å². The zero-order valence-corrected chi connectivity index (χ0v) is 12.2. The number of hydrogen-bond acceptors (Lipinski definition) is 2. The van der Waals surface area contributed by atoms with Crippen LogP contribution in [-0.4, -0.2) is 19.7 Å². The first-order chi connectivity index (χ1) is 9.40. The van der Waals surface area contributed by atoms with E-state index < -0.39 is 0 Å². The average molecular weight is 261 g/mol. The van der Waals surface area contributed by atoms with Gasteiger partial charge in [-0.15, -0.1) is 0 Å². The lowest BCUT2D eigenvalue weighted by Crippen LogP contribution is -2.16. The molecule has 0 unspecified atom stereocenters. The Morgan fingerprint density at radius 2 is 1.89 bits per heavy atom. The van der Waals surface area contributed by atoms with Gasteiger partial charge in [0.05, 0.1) is 6.61 Å². The van der Waals surface area contributed by atoms with Gasteiger partial charge in [0.25, 0.3) is 0 Å². The lowest BCUT2D eigenvalue weighted by atomic mass is 9.92. The van der Waals surface area contributed by atoms with E-state index in [0.717, 1.165) is 31.9 Å². The lowest BCUT2D eigenvalue weighted by molar-refractivity contribution is 0.305. The quantitative estimate of drug-likeness (QED) is 0.720. The molecule has 0 amide bonds. The van der Waals surface area contributed by atoms with E-state index in [0.29, 0.717) is 0 Å². The number of ether oxygens (including phenoxy) is 1. The molecular weight excluding hydrogens is 234 g/mol. The van der Waals surface area contributed by atoms with Gasteiger partial charge in [0.2, 0.25) is 0 Å². The molecule has 0 spiro atoms. The molecule has 0 atom stereocenters. The minimum Gasteiger partial charge on any atom is -0.494 e. The number of unbranched alkanes of at least 4 members (excludes halogenated alkanes) is 1. The van der Waals surface area contributed by atoms with Crippen molar-refractivity contribution in [3.8, 4) is 5.75 Å². The van der Waals surface area contributed by atoms with Gasteiger partial charge in [-0.2, -0.15) is 0 Å². The van der Waals surface area contributed by atoms with Gasteiger partial charge in [-0.3, -0.25) is 0 Å². The van der Waals surface area contributed by atoms with Gasteiger partial charge in [0.1, 0.15) is 5.75 Å². The van der Waals surface area contributed by atoms with Crippen molar-refractivity contribution in [2.45, 2.75) is 51.9 Å². The Kier molecular flexibility index (Phi) is 6.22. The van der Waals surface area contributed by atoms with Gasteiger partial charge in [-0.1, -0.05) is 13.0 Å². The van der Waals surface area contributed by atoms with Crippen molar-refractivity contribution in [2.75, 3.05) is 19.7 Å². The van der Waals surface area contributed by atoms with Crippen LogP contribution in [0.5, 0.6) is 5.75 Å². The number of aryl methyl sites for hydroxylation is 2. The van der Waals surface area contributed by atoms with Gasteiger partial charge in [0, 0.05) is 0 Å². The Labute approximate surface area is 117 Å².